The molecular weight excluding hydrogens is 353 g/mol. The summed E-state index contributed by atoms with van der Waals surface area (Å²) in [5.41, 5.74) is 2.39. The standard InChI is InChI=1S/C18H18FN5OS/c1-11-8-12(2)21-18(20-11)24-16(9-13(3)23-24)22-17(25)10-26-15-6-4-14(19)5-7-15/h4-9H,10H2,1-3H3,(H,22,25). The first-order valence-electron chi connectivity index (χ1n) is 7.98. The van der Waals surface area contributed by atoms with E-state index in [1.807, 2.05) is 26.8 Å². The highest BCUT2D eigenvalue weighted by Crippen LogP contribution is 2.20. The van der Waals surface area contributed by atoms with Crippen molar-refractivity contribution in [2.75, 3.05) is 11.1 Å². The molecule has 0 aliphatic rings. The monoisotopic (exact) mass is 371 g/mol. The minimum absolute atomic E-state index is 0.190. The molecule has 0 radical (unpaired) electrons. The van der Waals surface area contributed by atoms with Gasteiger partial charge in [0.1, 0.15) is 11.6 Å². The van der Waals surface area contributed by atoms with Gasteiger partial charge in [0.15, 0.2) is 0 Å². The fourth-order valence-electron chi connectivity index (χ4n) is 2.40. The highest BCUT2D eigenvalue weighted by Gasteiger charge is 2.14. The van der Waals surface area contributed by atoms with Gasteiger partial charge in [-0.3, -0.25) is 4.79 Å². The van der Waals surface area contributed by atoms with E-state index in [1.54, 1.807) is 18.2 Å². The zero-order valence-corrected chi connectivity index (χ0v) is 15.5. The number of carbonyl (C=O) groups is 1. The lowest BCUT2D eigenvalue weighted by molar-refractivity contribution is -0.113. The zero-order valence-electron chi connectivity index (χ0n) is 14.7. The Balaban J connectivity index is 1.73. The van der Waals surface area contributed by atoms with Crippen LogP contribution in [0.1, 0.15) is 17.1 Å². The SMILES string of the molecule is Cc1cc(C)nc(-n2nc(C)cc2NC(=O)CSc2ccc(F)cc2)n1. The van der Waals surface area contributed by atoms with Gasteiger partial charge in [-0.1, -0.05) is 0 Å². The molecule has 0 saturated heterocycles. The topological polar surface area (TPSA) is 72.7 Å². The summed E-state index contributed by atoms with van der Waals surface area (Å²) in [6, 6.07) is 9.67. The van der Waals surface area contributed by atoms with Crippen molar-refractivity contribution >= 4 is 23.5 Å². The van der Waals surface area contributed by atoms with Crippen molar-refractivity contribution < 1.29 is 9.18 Å². The predicted molar refractivity (Wildman–Crippen MR) is 99.1 cm³/mol. The summed E-state index contributed by atoms with van der Waals surface area (Å²) in [7, 11) is 0. The van der Waals surface area contributed by atoms with Crippen LogP contribution < -0.4 is 5.32 Å². The van der Waals surface area contributed by atoms with E-state index in [0.717, 1.165) is 22.0 Å². The highest BCUT2D eigenvalue weighted by molar-refractivity contribution is 8.00. The number of aromatic nitrogens is 4. The van der Waals surface area contributed by atoms with Gasteiger partial charge in [0, 0.05) is 22.3 Å². The van der Waals surface area contributed by atoms with Gasteiger partial charge in [0.05, 0.1) is 11.4 Å². The van der Waals surface area contributed by atoms with E-state index >= 15 is 0 Å². The molecule has 0 spiro atoms. The second kappa shape index (κ2) is 7.65. The van der Waals surface area contributed by atoms with Gasteiger partial charge >= 0.3 is 0 Å². The summed E-state index contributed by atoms with van der Waals surface area (Å²) >= 11 is 1.33. The van der Waals surface area contributed by atoms with Crippen LogP contribution in [0.3, 0.4) is 0 Å². The minimum atomic E-state index is -0.299. The maximum absolute atomic E-state index is 12.9. The van der Waals surface area contributed by atoms with Gasteiger partial charge in [0.25, 0.3) is 5.95 Å². The number of thioether (sulfide) groups is 1. The maximum Gasteiger partial charge on any atom is 0.252 e. The fraction of sp³-hybridized carbons (Fsp3) is 0.222. The fourth-order valence-corrected chi connectivity index (χ4v) is 3.10. The molecule has 0 aliphatic heterocycles. The molecule has 3 rings (SSSR count). The summed E-state index contributed by atoms with van der Waals surface area (Å²) in [6.45, 7) is 5.60. The highest BCUT2D eigenvalue weighted by atomic mass is 32.2. The van der Waals surface area contributed by atoms with Crippen molar-refractivity contribution in [3.63, 3.8) is 0 Å². The Bertz CT molecular complexity index is 919. The van der Waals surface area contributed by atoms with Crippen LogP contribution in [0.25, 0.3) is 5.95 Å². The van der Waals surface area contributed by atoms with E-state index in [-0.39, 0.29) is 17.5 Å². The number of rotatable bonds is 5. The van der Waals surface area contributed by atoms with Crippen LogP contribution in [0, 0.1) is 26.6 Å². The average molecular weight is 371 g/mol. The van der Waals surface area contributed by atoms with Crippen molar-refractivity contribution in [3.05, 3.63) is 59.3 Å². The molecule has 1 aromatic carbocycles. The van der Waals surface area contributed by atoms with Gasteiger partial charge in [-0.25, -0.2) is 14.4 Å². The lowest BCUT2D eigenvalue weighted by Gasteiger charge is -2.09. The van der Waals surface area contributed by atoms with Crippen molar-refractivity contribution in [3.8, 4) is 5.95 Å². The summed E-state index contributed by atoms with van der Waals surface area (Å²) < 4.78 is 14.5. The summed E-state index contributed by atoms with van der Waals surface area (Å²) in [6.07, 6.45) is 0. The van der Waals surface area contributed by atoms with Gasteiger partial charge in [-0.2, -0.15) is 9.78 Å². The number of halogens is 1. The van der Waals surface area contributed by atoms with Crippen molar-refractivity contribution in [2.45, 2.75) is 25.7 Å². The number of aryl methyl sites for hydroxylation is 3. The summed E-state index contributed by atoms with van der Waals surface area (Å²) in [5.74, 6) is 0.634. The molecule has 0 atom stereocenters. The molecule has 0 unspecified atom stereocenters. The maximum atomic E-state index is 12.9. The third-order valence-electron chi connectivity index (χ3n) is 3.44. The normalized spacial score (nSPS) is 10.8. The van der Waals surface area contributed by atoms with Crippen LogP contribution in [0.2, 0.25) is 0 Å². The summed E-state index contributed by atoms with van der Waals surface area (Å²) in [5, 5.41) is 7.21. The van der Waals surface area contributed by atoms with Crippen molar-refractivity contribution in [2.24, 2.45) is 0 Å². The van der Waals surface area contributed by atoms with Gasteiger partial charge in [0.2, 0.25) is 5.91 Å². The number of hydrogen-bond acceptors (Lipinski definition) is 5. The molecule has 2 heterocycles. The zero-order chi connectivity index (χ0) is 18.7. The van der Waals surface area contributed by atoms with Crippen molar-refractivity contribution in [1.82, 2.24) is 19.7 Å². The van der Waals surface area contributed by atoms with Crippen LogP contribution in [-0.4, -0.2) is 31.4 Å². The van der Waals surface area contributed by atoms with E-state index in [9.17, 15) is 9.18 Å². The van der Waals surface area contributed by atoms with Crippen molar-refractivity contribution in [1.29, 1.82) is 0 Å². The Morgan fingerprint density at radius 3 is 2.38 bits per heavy atom. The largest absolute Gasteiger partial charge is 0.310 e. The van der Waals surface area contributed by atoms with E-state index < -0.39 is 0 Å². The lowest BCUT2D eigenvalue weighted by Crippen LogP contribution is -2.18. The molecule has 0 bridgehead atoms. The van der Waals surface area contributed by atoms with E-state index in [4.69, 9.17) is 0 Å². The number of carbonyl (C=O) groups excluding carboxylic acids is 1. The third-order valence-corrected chi connectivity index (χ3v) is 4.45. The van der Waals surface area contributed by atoms with E-state index in [1.165, 1.54) is 28.6 Å². The van der Waals surface area contributed by atoms with Crippen LogP contribution in [-0.2, 0) is 4.79 Å². The molecule has 134 valence electrons. The van der Waals surface area contributed by atoms with E-state index in [0.29, 0.717) is 11.8 Å². The third kappa shape index (κ3) is 4.45. The van der Waals surface area contributed by atoms with Gasteiger partial charge in [-0.05, 0) is 51.1 Å². The van der Waals surface area contributed by atoms with E-state index in [2.05, 4.69) is 20.4 Å². The Kier molecular flexibility index (Phi) is 5.32. The van der Waals surface area contributed by atoms with Crippen LogP contribution in [0.15, 0.2) is 41.3 Å². The Hall–Kier alpha value is -2.74. The molecular formula is C18H18FN5OS. The predicted octanol–water partition coefficient (Wildman–Crippen LogP) is 3.46. The summed E-state index contributed by atoms with van der Waals surface area (Å²) in [4.78, 5) is 21.9. The lowest BCUT2D eigenvalue weighted by atomic mass is 10.4. The van der Waals surface area contributed by atoms with Crippen LogP contribution >= 0.6 is 11.8 Å². The first-order valence-corrected chi connectivity index (χ1v) is 8.97. The molecule has 0 saturated carbocycles. The number of amides is 1. The van der Waals surface area contributed by atoms with Crippen LogP contribution in [0.5, 0.6) is 0 Å². The second-order valence-corrected chi connectivity index (χ2v) is 6.87. The molecule has 8 heteroatoms. The van der Waals surface area contributed by atoms with Gasteiger partial charge < -0.3 is 5.32 Å². The molecule has 26 heavy (non-hydrogen) atoms. The first-order chi connectivity index (χ1) is 12.4. The quantitative estimate of drug-likeness (QED) is 0.696. The number of hydrogen-bond donors (Lipinski definition) is 1. The Morgan fingerprint density at radius 2 is 1.73 bits per heavy atom. The number of nitrogens with zero attached hydrogens (tertiary/aromatic N) is 4. The molecule has 1 N–H and O–H groups in total. The van der Waals surface area contributed by atoms with Gasteiger partial charge in [-0.15, -0.1) is 11.8 Å². The minimum Gasteiger partial charge on any atom is -0.310 e. The molecule has 0 fully saturated rings. The Morgan fingerprint density at radius 1 is 1.08 bits per heavy atom. The number of anilines is 1. The molecule has 6 nitrogen and oxygen atoms in total. The number of benzene rings is 1. The molecule has 0 aliphatic carbocycles. The molecule has 3 aromatic rings. The first kappa shape index (κ1) is 18.1. The average Bonchev–Trinajstić information content (AvgIpc) is 2.94. The molecule has 2 aromatic heterocycles. The smallest absolute Gasteiger partial charge is 0.252 e. The number of nitrogens with one attached hydrogen (secondary N) is 1. The molecule has 1 amide bonds. The second-order valence-electron chi connectivity index (χ2n) is 5.82. The van der Waals surface area contributed by atoms with Crippen LogP contribution in [0.4, 0.5) is 10.2 Å². The Labute approximate surface area is 154 Å².